The highest BCUT2D eigenvalue weighted by Crippen LogP contribution is 2.22. The minimum atomic E-state index is -0.577. The summed E-state index contributed by atoms with van der Waals surface area (Å²) >= 11 is 0. The predicted octanol–water partition coefficient (Wildman–Crippen LogP) is 3.78. The third-order valence-electron chi connectivity index (χ3n) is 3.63. The van der Waals surface area contributed by atoms with Crippen molar-refractivity contribution in [1.82, 2.24) is 15.6 Å². The molecule has 2 rings (SSSR count). The lowest BCUT2D eigenvalue weighted by atomic mass is 9.94. The van der Waals surface area contributed by atoms with E-state index in [1.54, 1.807) is 13.2 Å². The summed E-state index contributed by atoms with van der Waals surface area (Å²) in [5.74, 6) is 0.820. The first-order valence-corrected chi connectivity index (χ1v) is 8.13. The smallest absolute Gasteiger partial charge is 0.213 e. The Kier molecular flexibility index (Phi) is 8.45. The van der Waals surface area contributed by atoms with Crippen LogP contribution in [0.2, 0.25) is 0 Å². The predicted molar refractivity (Wildman–Crippen MR) is 109 cm³/mol. The van der Waals surface area contributed by atoms with Gasteiger partial charge in [-0.1, -0.05) is 26.8 Å². The Hall–Kier alpha value is -1.71. The molecular weight excluding hydrogens is 453 g/mol. The summed E-state index contributed by atoms with van der Waals surface area (Å²) in [5, 5.41) is 6.17. The largest absolute Gasteiger partial charge is 0.443 e. The highest BCUT2D eigenvalue weighted by Gasteiger charge is 2.19. The molecule has 0 unspecified atom stereocenters. The zero-order valence-corrected chi connectivity index (χ0v) is 17.7. The topological polar surface area (TPSA) is 62.5 Å². The van der Waals surface area contributed by atoms with Crippen molar-refractivity contribution < 1.29 is 13.2 Å². The Balaban J connectivity index is 0.00000338. The van der Waals surface area contributed by atoms with Crippen LogP contribution in [0.25, 0.3) is 0 Å². The maximum absolute atomic E-state index is 13.6. The number of aliphatic imine (C=N–C) groups is 1. The summed E-state index contributed by atoms with van der Waals surface area (Å²) in [6.45, 7) is 7.01. The van der Waals surface area contributed by atoms with E-state index in [-0.39, 0.29) is 29.4 Å². The van der Waals surface area contributed by atoms with Gasteiger partial charge in [-0.15, -0.1) is 24.0 Å². The second-order valence-corrected chi connectivity index (χ2v) is 6.71. The van der Waals surface area contributed by atoms with E-state index in [0.717, 1.165) is 11.8 Å². The van der Waals surface area contributed by atoms with Crippen molar-refractivity contribution in [3.05, 3.63) is 53.2 Å². The SMILES string of the molecule is CN=C(NCCc1ccc(F)cc1F)NCc1ncc(C(C)(C)C)o1.I. The normalized spacial score (nSPS) is 11.8. The molecule has 1 aromatic heterocycles. The van der Waals surface area contributed by atoms with Gasteiger partial charge in [-0.3, -0.25) is 4.99 Å². The fourth-order valence-electron chi connectivity index (χ4n) is 2.16. The van der Waals surface area contributed by atoms with Crippen LogP contribution in [-0.2, 0) is 18.4 Å². The molecule has 0 bridgehead atoms. The summed E-state index contributed by atoms with van der Waals surface area (Å²) in [5.41, 5.74) is 0.358. The number of guanidine groups is 1. The molecule has 0 aliphatic carbocycles. The molecule has 0 aliphatic heterocycles. The summed E-state index contributed by atoms with van der Waals surface area (Å²) in [6.07, 6.45) is 2.14. The lowest BCUT2D eigenvalue weighted by Crippen LogP contribution is -2.38. The van der Waals surface area contributed by atoms with Crippen molar-refractivity contribution in [3.8, 4) is 0 Å². The number of halogens is 3. The van der Waals surface area contributed by atoms with Crippen molar-refractivity contribution in [3.63, 3.8) is 0 Å². The Bertz CT molecular complexity index is 741. The second kappa shape index (κ2) is 9.84. The van der Waals surface area contributed by atoms with Crippen LogP contribution in [0.3, 0.4) is 0 Å². The Labute approximate surface area is 169 Å². The van der Waals surface area contributed by atoms with Gasteiger partial charge in [0.05, 0.1) is 12.7 Å². The Morgan fingerprint density at radius 3 is 2.54 bits per heavy atom. The Morgan fingerprint density at radius 2 is 1.96 bits per heavy atom. The molecule has 2 aromatic rings. The van der Waals surface area contributed by atoms with E-state index in [2.05, 4.69) is 41.4 Å². The van der Waals surface area contributed by atoms with E-state index < -0.39 is 11.6 Å². The first kappa shape index (κ1) is 22.3. The molecule has 8 heteroatoms. The molecule has 0 atom stereocenters. The number of oxazole rings is 1. The minimum absolute atomic E-state index is 0. The van der Waals surface area contributed by atoms with Crippen LogP contribution in [-0.4, -0.2) is 24.5 Å². The zero-order valence-electron chi connectivity index (χ0n) is 15.4. The van der Waals surface area contributed by atoms with Gasteiger partial charge in [0, 0.05) is 25.1 Å². The Morgan fingerprint density at radius 1 is 1.23 bits per heavy atom. The lowest BCUT2D eigenvalue weighted by Gasteiger charge is -2.13. The van der Waals surface area contributed by atoms with Gasteiger partial charge in [0.25, 0.3) is 0 Å². The number of hydrogen-bond acceptors (Lipinski definition) is 3. The van der Waals surface area contributed by atoms with Crippen LogP contribution in [0.4, 0.5) is 8.78 Å². The average molecular weight is 478 g/mol. The van der Waals surface area contributed by atoms with Crippen molar-refractivity contribution in [2.45, 2.75) is 39.2 Å². The average Bonchev–Trinajstić information content (AvgIpc) is 3.01. The maximum Gasteiger partial charge on any atom is 0.213 e. The molecule has 0 aliphatic rings. The van der Waals surface area contributed by atoms with Crippen LogP contribution >= 0.6 is 24.0 Å². The lowest BCUT2D eigenvalue weighted by molar-refractivity contribution is 0.379. The molecule has 2 N–H and O–H groups in total. The molecule has 144 valence electrons. The molecule has 1 aromatic carbocycles. The second-order valence-electron chi connectivity index (χ2n) is 6.71. The van der Waals surface area contributed by atoms with Crippen LogP contribution in [0, 0.1) is 11.6 Å². The van der Waals surface area contributed by atoms with Crippen LogP contribution in [0.5, 0.6) is 0 Å². The van der Waals surface area contributed by atoms with Gasteiger partial charge in [-0.05, 0) is 18.1 Å². The fraction of sp³-hybridized carbons (Fsp3) is 0.444. The van der Waals surface area contributed by atoms with Gasteiger partial charge in [0.1, 0.15) is 17.4 Å². The number of aromatic nitrogens is 1. The van der Waals surface area contributed by atoms with Gasteiger partial charge in [0.15, 0.2) is 5.96 Å². The van der Waals surface area contributed by atoms with Crippen molar-refractivity contribution >= 4 is 29.9 Å². The molecule has 26 heavy (non-hydrogen) atoms. The van der Waals surface area contributed by atoms with Crippen LogP contribution in [0.15, 0.2) is 33.8 Å². The number of benzene rings is 1. The van der Waals surface area contributed by atoms with E-state index in [9.17, 15) is 8.78 Å². The van der Waals surface area contributed by atoms with Crippen molar-refractivity contribution in [2.24, 2.45) is 4.99 Å². The van der Waals surface area contributed by atoms with E-state index in [1.807, 2.05) is 0 Å². The first-order chi connectivity index (χ1) is 11.8. The number of nitrogens with zero attached hydrogens (tertiary/aromatic N) is 2. The van der Waals surface area contributed by atoms with Gasteiger partial charge in [0.2, 0.25) is 5.89 Å². The summed E-state index contributed by atoms with van der Waals surface area (Å²) in [7, 11) is 1.64. The monoisotopic (exact) mass is 478 g/mol. The van der Waals surface area contributed by atoms with E-state index in [4.69, 9.17) is 4.42 Å². The number of hydrogen-bond donors (Lipinski definition) is 2. The van der Waals surface area contributed by atoms with Crippen molar-refractivity contribution in [1.29, 1.82) is 0 Å². The van der Waals surface area contributed by atoms with Crippen LogP contribution < -0.4 is 10.6 Å². The van der Waals surface area contributed by atoms with E-state index in [0.29, 0.717) is 36.9 Å². The number of rotatable bonds is 5. The standard InChI is InChI=1S/C18H24F2N4O.HI/c1-18(2,3)15-10-23-16(25-15)11-24-17(21-4)22-8-7-12-5-6-13(19)9-14(12)20;/h5-6,9-10H,7-8,11H2,1-4H3,(H2,21,22,24);1H. The summed E-state index contributed by atoms with van der Waals surface area (Å²) in [4.78, 5) is 8.34. The van der Waals surface area contributed by atoms with E-state index in [1.165, 1.54) is 12.1 Å². The van der Waals surface area contributed by atoms with Gasteiger partial charge in [-0.2, -0.15) is 0 Å². The quantitative estimate of drug-likeness (QED) is 0.390. The molecule has 0 saturated carbocycles. The van der Waals surface area contributed by atoms with Gasteiger partial charge < -0.3 is 15.1 Å². The zero-order chi connectivity index (χ0) is 18.4. The first-order valence-electron chi connectivity index (χ1n) is 8.13. The maximum atomic E-state index is 13.6. The minimum Gasteiger partial charge on any atom is -0.443 e. The fourth-order valence-corrected chi connectivity index (χ4v) is 2.16. The van der Waals surface area contributed by atoms with Crippen molar-refractivity contribution in [2.75, 3.05) is 13.6 Å². The van der Waals surface area contributed by atoms with E-state index >= 15 is 0 Å². The molecule has 0 fully saturated rings. The molecule has 0 saturated heterocycles. The molecule has 0 spiro atoms. The third kappa shape index (κ3) is 6.54. The highest BCUT2D eigenvalue weighted by atomic mass is 127. The highest BCUT2D eigenvalue weighted by molar-refractivity contribution is 14.0. The molecule has 5 nitrogen and oxygen atoms in total. The molecule has 1 heterocycles. The molecular formula is C18H25F2IN4O. The third-order valence-corrected chi connectivity index (χ3v) is 3.63. The van der Waals surface area contributed by atoms with Gasteiger partial charge >= 0.3 is 0 Å². The molecule has 0 amide bonds. The molecule has 0 radical (unpaired) electrons. The van der Waals surface area contributed by atoms with Gasteiger partial charge in [-0.25, -0.2) is 13.8 Å². The number of nitrogens with one attached hydrogen (secondary N) is 2. The van der Waals surface area contributed by atoms with Crippen LogP contribution in [0.1, 0.15) is 38.0 Å². The summed E-state index contributed by atoms with van der Waals surface area (Å²) < 4.78 is 32.2. The summed E-state index contributed by atoms with van der Waals surface area (Å²) in [6, 6.07) is 3.59.